The first-order valence-electron chi connectivity index (χ1n) is 11.0. The zero-order valence-corrected chi connectivity index (χ0v) is 22.5. The molecule has 3 N–H and O–H groups in total. The second-order valence-corrected chi connectivity index (χ2v) is 9.60. The monoisotopic (exact) mass is 517 g/mol. The smallest absolute Gasteiger partial charge is 0.295 e. The predicted octanol–water partition coefficient (Wildman–Crippen LogP) is 6.66. The molecule has 8 nitrogen and oxygen atoms in total. The SMILES string of the molecule is Nc1c(N=Nc2ccc(-c3cccc4c3oc3ccccc34)nc2)cc(S(=O)(=O)O)c2ccccc12.[Na]. The minimum absolute atomic E-state index is 0. The van der Waals surface area contributed by atoms with Crippen molar-refractivity contribution in [3.8, 4) is 11.3 Å². The summed E-state index contributed by atoms with van der Waals surface area (Å²) in [6, 6.07) is 25.2. The van der Waals surface area contributed by atoms with E-state index in [0.717, 1.165) is 27.5 Å². The number of pyridine rings is 1. The van der Waals surface area contributed by atoms with Crippen molar-refractivity contribution in [3.63, 3.8) is 0 Å². The van der Waals surface area contributed by atoms with Gasteiger partial charge in [-0.15, -0.1) is 10.2 Å². The summed E-state index contributed by atoms with van der Waals surface area (Å²) in [4.78, 5) is 4.25. The van der Waals surface area contributed by atoms with Crippen molar-refractivity contribution in [1.29, 1.82) is 0 Å². The van der Waals surface area contributed by atoms with Crippen LogP contribution in [0.1, 0.15) is 0 Å². The van der Waals surface area contributed by atoms with Crippen LogP contribution in [0.3, 0.4) is 0 Å². The minimum atomic E-state index is -4.49. The Morgan fingerprint density at radius 1 is 0.811 bits per heavy atom. The molecule has 1 radical (unpaired) electrons. The summed E-state index contributed by atoms with van der Waals surface area (Å²) in [5.74, 6) is 0. The van der Waals surface area contributed by atoms with E-state index in [1.165, 1.54) is 6.07 Å². The first-order valence-corrected chi connectivity index (χ1v) is 12.4. The minimum Gasteiger partial charge on any atom is -0.455 e. The second kappa shape index (κ2) is 9.70. The molecule has 6 rings (SSSR count). The average molecular weight is 518 g/mol. The maximum atomic E-state index is 11.9. The number of hydrogen-bond acceptors (Lipinski definition) is 7. The molecule has 2 heterocycles. The number of aromatic nitrogens is 1. The summed E-state index contributed by atoms with van der Waals surface area (Å²) >= 11 is 0. The first-order chi connectivity index (χ1) is 17.4. The van der Waals surface area contributed by atoms with Gasteiger partial charge in [0.15, 0.2) is 0 Å². The molecule has 0 bridgehead atoms. The number of furan rings is 1. The van der Waals surface area contributed by atoms with Crippen LogP contribution >= 0.6 is 0 Å². The standard InChI is InChI=1S/C27H18N4O4S.Na/c28-26-19-8-2-1-7-18(19)25(36(32,33)34)14-23(26)31-30-16-12-13-22(29-15-16)21-10-5-9-20-17-6-3-4-11-24(17)35-27(20)21;/h1-15H,28H2,(H,32,33,34);. The third-order valence-corrected chi connectivity index (χ3v) is 6.90. The number of nitrogen functional groups attached to an aromatic ring is 1. The van der Waals surface area contributed by atoms with Crippen LogP contribution in [0.5, 0.6) is 0 Å². The molecule has 0 unspecified atom stereocenters. The Morgan fingerprint density at radius 2 is 1.51 bits per heavy atom. The summed E-state index contributed by atoms with van der Waals surface area (Å²) in [5, 5.41) is 11.1. The van der Waals surface area contributed by atoms with Gasteiger partial charge in [-0.05, 0) is 30.3 Å². The Morgan fingerprint density at radius 3 is 2.24 bits per heavy atom. The maximum absolute atomic E-state index is 11.9. The molecule has 0 aliphatic rings. The van der Waals surface area contributed by atoms with E-state index in [0.29, 0.717) is 22.2 Å². The van der Waals surface area contributed by atoms with E-state index < -0.39 is 10.1 Å². The van der Waals surface area contributed by atoms with Gasteiger partial charge in [-0.1, -0.05) is 54.6 Å². The number of rotatable bonds is 4. The number of para-hydroxylation sites is 2. The number of anilines is 1. The summed E-state index contributed by atoms with van der Waals surface area (Å²) in [5.41, 5.74) is 10.2. The summed E-state index contributed by atoms with van der Waals surface area (Å²) < 4.78 is 39.6. The van der Waals surface area contributed by atoms with Gasteiger partial charge in [0.2, 0.25) is 0 Å². The number of nitrogens with two attached hydrogens (primary N) is 1. The van der Waals surface area contributed by atoms with Crippen LogP contribution in [0.2, 0.25) is 0 Å². The van der Waals surface area contributed by atoms with Gasteiger partial charge in [-0.25, -0.2) is 0 Å². The van der Waals surface area contributed by atoms with Crippen molar-refractivity contribution in [2.45, 2.75) is 4.90 Å². The van der Waals surface area contributed by atoms with Gasteiger partial charge in [-0.2, -0.15) is 8.42 Å². The zero-order valence-electron chi connectivity index (χ0n) is 19.7. The van der Waals surface area contributed by atoms with Gasteiger partial charge in [0, 0.05) is 56.7 Å². The topological polar surface area (TPSA) is 131 Å². The van der Waals surface area contributed by atoms with Crippen LogP contribution in [0.25, 0.3) is 44.0 Å². The Kier molecular flexibility index (Phi) is 6.57. The molecule has 6 aromatic rings. The van der Waals surface area contributed by atoms with Crippen molar-refractivity contribution in [2.24, 2.45) is 10.2 Å². The molecule has 0 atom stereocenters. The van der Waals surface area contributed by atoms with Crippen molar-refractivity contribution >= 4 is 89.4 Å². The van der Waals surface area contributed by atoms with E-state index in [9.17, 15) is 13.0 Å². The molecule has 2 aromatic heterocycles. The quantitative estimate of drug-likeness (QED) is 0.116. The van der Waals surface area contributed by atoms with Crippen molar-refractivity contribution in [1.82, 2.24) is 4.98 Å². The number of hydrogen-bond donors (Lipinski definition) is 2. The summed E-state index contributed by atoms with van der Waals surface area (Å²) in [7, 11) is -4.49. The number of fused-ring (bicyclic) bond motifs is 4. The van der Waals surface area contributed by atoms with Gasteiger partial charge in [0.25, 0.3) is 10.1 Å². The number of azo groups is 1. The van der Waals surface area contributed by atoms with Crippen LogP contribution in [0.4, 0.5) is 17.1 Å². The molecule has 0 aliphatic heterocycles. The molecule has 0 amide bonds. The molecule has 177 valence electrons. The fourth-order valence-electron chi connectivity index (χ4n) is 4.31. The Bertz CT molecular complexity index is 1930. The Hall–Kier alpha value is -3.60. The number of benzene rings is 4. The van der Waals surface area contributed by atoms with Crippen molar-refractivity contribution in [2.75, 3.05) is 5.73 Å². The largest absolute Gasteiger partial charge is 0.455 e. The fraction of sp³-hybridized carbons (Fsp3) is 0. The van der Waals surface area contributed by atoms with Gasteiger partial charge in [-0.3, -0.25) is 9.54 Å². The second-order valence-electron chi connectivity index (χ2n) is 8.21. The third-order valence-electron chi connectivity index (χ3n) is 6.01. The van der Waals surface area contributed by atoms with Crippen LogP contribution in [0.15, 0.2) is 111 Å². The zero-order chi connectivity index (χ0) is 24.9. The van der Waals surface area contributed by atoms with E-state index in [2.05, 4.69) is 15.2 Å². The Balaban J connectivity index is 0.00000280. The maximum Gasteiger partial charge on any atom is 0.295 e. The normalized spacial score (nSPS) is 11.9. The van der Waals surface area contributed by atoms with Crippen LogP contribution in [-0.4, -0.2) is 47.5 Å². The van der Waals surface area contributed by atoms with Crippen LogP contribution in [-0.2, 0) is 10.1 Å². The van der Waals surface area contributed by atoms with Gasteiger partial charge < -0.3 is 10.2 Å². The van der Waals surface area contributed by atoms with E-state index in [1.807, 2.05) is 48.5 Å². The molecule has 0 spiro atoms. The van der Waals surface area contributed by atoms with Crippen LogP contribution < -0.4 is 5.73 Å². The van der Waals surface area contributed by atoms with E-state index in [4.69, 9.17) is 10.2 Å². The number of nitrogens with zero attached hydrogens (tertiary/aromatic N) is 3. The van der Waals surface area contributed by atoms with Crippen molar-refractivity contribution in [3.05, 3.63) is 91.1 Å². The molecular weight excluding hydrogens is 499 g/mol. The molecule has 0 saturated carbocycles. The third kappa shape index (κ3) is 4.52. The Labute approximate surface area is 233 Å². The molecule has 0 aliphatic carbocycles. The predicted molar refractivity (Wildman–Crippen MR) is 145 cm³/mol. The fourth-order valence-corrected chi connectivity index (χ4v) is 5.03. The van der Waals surface area contributed by atoms with Gasteiger partial charge >= 0.3 is 0 Å². The van der Waals surface area contributed by atoms with E-state index in [1.54, 1.807) is 36.5 Å². The molecule has 37 heavy (non-hydrogen) atoms. The molecular formula is C27H18N4NaO4S. The molecule has 4 aromatic carbocycles. The molecule has 0 fully saturated rings. The molecule has 10 heteroatoms. The summed E-state index contributed by atoms with van der Waals surface area (Å²) in [6.07, 6.45) is 1.56. The van der Waals surface area contributed by atoms with Gasteiger partial charge in [0.05, 0.1) is 17.6 Å². The average Bonchev–Trinajstić information content (AvgIpc) is 3.27. The van der Waals surface area contributed by atoms with E-state index in [-0.39, 0.29) is 45.8 Å². The molecule has 0 saturated heterocycles. The van der Waals surface area contributed by atoms with Crippen molar-refractivity contribution < 1.29 is 17.4 Å². The summed E-state index contributed by atoms with van der Waals surface area (Å²) in [6.45, 7) is 0. The van der Waals surface area contributed by atoms with E-state index >= 15 is 0 Å². The van der Waals surface area contributed by atoms with Crippen LogP contribution in [0, 0.1) is 0 Å². The first kappa shape index (κ1) is 25.1. The van der Waals surface area contributed by atoms with Gasteiger partial charge in [0.1, 0.15) is 27.4 Å².